The number of aliphatic imine (C=N–C) groups is 2. The van der Waals surface area contributed by atoms with Gasteiger partial charge in [-0.1, -0.05) is 12.1 Å². The van der Waals surface area contributed by atoms with E-state index in [0.29, 0.717) is 29.3 Å². The Labute approximate surface area is 139 Å². The Morgan fingerprint density at radius 1 is 1.29 bits per heavy atom. The molecule has 2 aliphatic rings. The van der Waals surface area contributed by atoms with Crippen molar-refractivity contribution in [2.45, 2.75) is 20.8 Å². The van der Waals surface area contributed by atoms with Gasteiger partial charge in [-0.25, -0.2) is 4.99 Å². The first-order chi connectivity index (χ1) is 11.5. The molecular formula is C18H18N4O2. The molecule has 0 aliphatic carbocycles. The number of hydrogen-bond donors (Lipinski definition) is 1. The van der Waals surface area contributed by atoms with E-state index >= 15 is 0 Å². The molecule has 2 aliphatic heterocycles. The predicted molar refractivity (Wildman–Crippen MR) is 93.6 cm³/mol. The highest BCUT2D eigenvalue weighted by molar-refractivity contribution is 6.19. The maximum absolute atomic E-state index is 12.9. The van der Waals surface area contributed by atoms with E-state index in [2.05, 4.69) is 15.3 Å². The van der Waals surface area contributed by atoms with Gasteiger partial charge >= 0.3 is 0 Å². The lowest BCUT2D eigenvalue weighted by atomic mass is 10.1. The highest BCUT2D eigenvalue weighted by Crippen LogP contribution is 2.34. The minimum atomic E-state index is -0.196. The van der Waals surface area contributed by atoms with E-state index in [9.17, 15) is 4.79 Å². The first-order valence-electron chi connectivity index (χ1n) is 7.92. The molecule has 1 N–H and O–H groups in total. The average Bonchev–Trinajstić information content (AvgIpc) is 3.13. The number of amides is 1. The molecule has 0 saturated carbocycles. The first kappa shape index (κ1) is 14.7. The zero-order valence-corrected chi connectivity index (χ0v) is 13.9. The SMILES string of the molecule is Cc1ccc(C)c(NC(=O)c2c(C)oc3c2C2=NCCN2C=N3)c1. The number of hydrogen-bond acceptors (Lipinski definition) is 5. The van der Waals surface area contributed by atoms with Gasteiger partial charge in [0.2, 0.25) is 5.88 Å². The summed E-state index contributed by atoms with van der Waals surface area (Å²) in [5.74, 6) is 1.58. The van der Waals surface area contributed by atoms with Crippen LogP contribution >= 0.6 is 0 Å². The molecule has 0 unspecified atom stereocenters. The molecule has 122 valence electrons. The fourth-order valence-corrected chi connectivity index (χ4v) is 3.07. The van der Waals surface area contributed by atoms with Crippen molar-refractivity contribution in [1.82, 2.24) is 4.90 Å². The highest BCUT2D eigenvalue weighted by Gasteiger charge is 2.33. The lowest BCUT2D eigenvalue weighted by molar-refractivity contribution is 0.102. The van der Waals surface area contributed by atoms with E-state index in [1.807, 2.05) is 36.9 Å². The van der Waals surface area contributed by atoms with Gasteiger partial charge in [0, 0.05) is 12.2 Å². The molecule has 1 aromatic heterocycles. The molecule has 0 bridgehead atoms. The van der Waals surface area contributed by atoms with E-state index in [0.717, 1.165) is 29.2 Å². The van der Waals surface area contributed by atoms with Crippen molar-refractivity contribution in [2.24, 2.45) is 9.98 Å². The van der Waals surface area contributed by atoms with Crippen molar-refractivity contribution in [3.63, 3.8) is 0 Å². The zero-order chi connectivity index (χ0) is 16.8. The Balaban J connectivity index is 1.75. The molecule has 3 heterocycles. The Bertz CT molecular complexity index is 908. The molecule has 1 aromatic carbocycles. The van der Waals surface area contributed by atoms with Crippen LogP contribution in [0.1, 0.15) is 32.8 Å². The largest absolute Gasteiger partial charge is 0.442 e. The molecule has 0 saturated heterocycles. The van der Waals surface area contributed by atoms with Crippen molar-refractivity contribution in [2.75, 3.05) is 18.4 Å². The molecule has 0 fully saturated rings. The number of carbonyl (C=O) groups is 1. The average molecular weight is 322 g/mol. The molecule has 6 heteroatoms. The second-order valence-electron chi connectivity index (χ2n) is 6.13. The van der Waals surface area contributed by atoms with Crippen LogP contribution in [0.2, 0.25) is 0 Å². The second-order valence-corrected chi connectivity index (χ2v) is 6.13. The smallest absolute Gasteiger partial charge is 0.260 e. The van der Waals surface area contributed by atoms with Gasteiger partial charge in [-0.3, -0.25) is 9.79 Å². The highest BCUT2D eigenvalue weighted by atomic mass is 16.4. The maximum Gasteiger partial charge on any atom is 0.260 e. The monoisotopic (exact) mass is 322 g/mol. The van der Waals surface area contributed by atoms with E-state index in [1.54, 1.807) is 13.3 Å². The van der Waals surface area contributed by atoms with Crippen LogP contribution in [0.5, 0.6) is 0 Å². The fourth-order valence-electron chi connectivity index (χ4n) is 3.07. The summed E-state index contributed by atoms with van der Waals surface area (Å²) >= 11 is 0. The van der Waals surface area contributed by atoms with E-state index in [1.165, 1.54) is 0 Å². The molecule has 0 radical (unpaired) electrons. The summed E-state index contributed by atoms with van der Waals surface area (Å²) in [7, 11) is 0. The van der Waals surface area contributed by atoms with Gasteiger partial charge in [0.25, 0.3) is 5.91 Å². The van der Waals surface area contributed by atoms with E-state index < -0.39 is 0 Å². The van der Waals surface area contributed by atoms with Crippen LogP contribution in [-0.2, 0) is 0 Å². The van der Waals surface area contributed by atoms with Crippen molar-refractivity contribution < 1.29 is 9.21 Å². The van der Waals surface area contributed by atoms with E-state index in [-0.39, 0.29) is 5.91 Å². The minimum Gasteiger partial charge on any atom is -0.442 e. The summed E-state index contributed by atoms with van der Waals surface area (Å²) in [6.45, 7) is 7.23. The van der Waals surface area contributed by atoms with Crippen LogP contribution in [-0.4, -0.2) is 36.1 Å². The van der Waals surface area contributed by atoms with Gasteiger partial charge in [-0.05, 0) is 38.0 Å². The number of fused-ring (bicyclic) bond motifs is 3. The second kappa shape index (κ2) is 5.33. The molecule has 0 atom stereocenters. The molecule has 1 amide bonds. The number of benzene rings is 1. The first-order valence-corrected chi connectivity index (χ1v) is 7.92. The summed E-state index contributed by atoms with van der Waals surface area (Å²) in [5.41, 5.74) is 4.11. The number of furan rings is 1. The Hall–Kier alpha value is -2.89. The fraction of sp³-hybridized carbons (Fsp3) is 0.278. The van der Waals surface area contributed by atoms with Crippen LogP contribution in [0.4, 0.5) is 11.6 Å². The van der Waals surface area contributed by atoms with Crippen LogP contribution in [0, 0.1) is 20.8 Å². The molecule has 6 nitrogen and oxygen atoms in total. The van der Waals surface area contributed by atoms with Gasteiger partial charge < -0.3 is 14.6 Å². The van der Waals surface area contributed by atoms with Gasteiger partial charge in [-0.15, -0.1) is 0 Å². The van der Waals surface area contributed by atoms with Crippen molar-refractivity contribution in [3.05, 3.63) is 46.2 Å². The van der Waals surface area contributed by atoms with Crippen molar-refractivity contribution >= 4 is 29.7 Å². The van der Waals surface area contributed by atoms with Crippen LogP contribution in [0.25, 0.3) is 0 Å². The quantitative estimate of drug-likeness (QED) is 0.923. The molecule has 0 spiro atoms. The maximum atomic E-state index is 12.9. The standard InChI is InChI=1S/C18H18N4O2/c1-10-4-5-11(2)13(8-10)21-17(23)14-12(3)24-18-15(14)16-19-6-7-22(16)9-20-18/h4-5,8-9H,6-7H2,1-3H3,(H,21,23). The van der Waals surface area contributed by atoms with Gasteiger partial charge in [-0.2, -0.15) is 0 Å². The molecular weight excluding hydrogens is 304 g/mol. The summed E-state index contributed by atoms with van der Waals surface area (Å²) in [6.07, 6.45) is 1.71. The van der Waals surface area contributed by atoms with E-state index in [4.69, 9.17) is 4.42 Å². The number of nitrogens with zero attached hydrogens (tertiary/aromatic N) is 3. The van der Waals surface area contributed by atoms with Gasteiger partial charge in [0.05, 0.1) is 17.7 Å². The lowest BCUT2D eigenvalue weighted by Crippen LogP contribution is -2.30. The third kappa shape index (κ3) is 2.22. The summed E-state index contributed by atoms with van der Waals surface area (Å²) in [5, 5.41) is 3.00. The summed E-state index contributed by atoms with van der Waals surface area (Å²) in [4.78, 5) is 23.7. The predicted octanol–water partition coefficient (Wildman–Crippen LogP) is 3.19. The number of anilines is 1. The normalized spacial score (nSPS) is 15.1. The van der Waals surface area contributed by atoms with Crippen molar-refractivity contribution in [1.29, 1.82) is 0 Å². The Kier molecular flexibility index (Phi) is 3.26. The number of aryl methyl sites for hydroxylation is 3. The molecule has 2 aromatic rings. The molecule has 4 rings (SSSR count). The molecule has 24 heavy (non-hydrogen) atoms. The number of carbonyl (C=O) groups excluding carboxylic acids is 1. The Morgan fingerprint density at radius 3 is 2.96 bits per heavy atom. The minimum absolute atomic E-state index is 0.196. The lowest BCUT2D eigenvalue weighted by Gasteiger charge is -2.18. The van der Waals surface area contributed by atoms with Crippen molar-refractivity contribution in [3.8, 4) is 0 Å². The van der Waals surface area contributed by atoms with Gasteiger partial charge in [0.1, 0.15) is 17.9 Å². The van der Waals surface area contributed by atoms with Crippen LogP contribution in [0.15, 0.2) is 32.6 Å². The van der Waals surface area contributed by atoms with Crippen LogP contribution < -0.4 is 5.32 Å². The number of amidine groups is 1. The van der Waals surface area contributed by atoms with Crippen LogP contribution in [0.3, 0.4) is 0 Å². The van der Waals surface area contributed by atoms with Gasteiger partial charge in [0.15, 0.2) is 0 Å². The third-order valence-electron chi connectivity index (χ3n) is 4.35. The topological polar surface area (TPSA) is 70.2 Å². The third-order valence-corrected chi connectivity index (χ3v) is 4.35. The number of nitrogens with one attached hydrogen (secondary N) is 1. The summed E-state index contributed by atoms with van der Waals surface area (Å²) < 4.78 is 5.69. The summed E-state index contributed by atoms with van der Waals surface area (Å²) in [6, 6.07) is 5.98. The zero-order valence-electron chi connectivity index (χ0n) is 13.9. The number of rotatable bonds is 2. The Morgan fingerprint density at radius 2 is 2.12 bits per heavy atom.